The number of hydrogen-bond acceptors (Lipinski definition) is 7. The van der Waals surface area contributed by atoms with Gasteiger partial charge in [-0.1, -0.05) is 0 Å². The molecule has 1 aliphatic heterocycles. The normalized spacial score (nSPS) is 16.4. The zero-order valence-electron chi connectivity index (χ0n) is 17.0. The van der Waals surface area contributed by atoms with Gasteiger partial charge in [-0.25, -0.2) is 4.98 Å². The van der Waals surface area contributed by atoms with Gasteiger partial charge in [-0.3, -0.25) is 9.78 Å². The van der Waals surface area contributed by atoms with Crippen LogP contribution in [0.25, 0.3) is 11.1 Å². The quantitative estimate of drug-likeness (QED) is 0.600. The third kappa shape index (κ3) is 3.93. The second-order valence-electron chi connectivity index (χ2n) is 7.85. The first-order chi connectivity index (χ1) is 15.5. The van der Waals surface area contributed by atoms with Crippen molar-refractivity contribution in [3.05, 3.63) is 47.6 Å². The van der Waals surface area contributed by atoms with Crippen molar-refractivity contribution in [1.82, 2.24) is 14.9 Å². The van der Waals surface area contributed by atoms with E-state index < -0.39 is 6.61 Å². The molecule has 3 heterocycles. The van der Waals surface area contributed by atoms with E-state index in [1.807, 2.05) is 11.0 Å². The third-order valence-corrected chi connectivity index (χ3v) is 5.65. The molecule has 1 aromatic carbocycles. The summed E-state index contributed by atoms with van der Waals surface area (Å²) in [4.78, 5) is 25.4. The van der Waals surface area contributed by atoms with E-state index in [1.165, 1.54) is 18.3 Å². The highest BCUT2D eigenvalue weighted by molar-refractivity contribution is 6.03. The number of halogens is 2. The van der Waals surface area contributed by atoms with Crippen LogP contribution in [0, 0.1) is 11.3 Å². The van der Waals surface area contributed by atoms with E-state index in [2.05, 4.69) is 14.7 Å². The van der Waals surface area contributed by atoms with Gasteiger partial charge in [-0.2, -0.15) is 14.0 Å². The minimum absolute atomic E-state index is 0.0675. The lowest BCUT2D eigenvalue weighted by atomic mass is 10.1. The van der Waals surface area contributed by atoms with Gasteiger partial charge in [0.05, 0.1) is 17.8 Å². The number of pyridine rings is 1. The van der Waals surface area contributed by atoms with E-state index in [0.717, 1.165) is 12.8 Å². The van der Waals surface area contributed by atoms with Gasteiger partial charge in [0.25, 0.3) is 5.91 Å². The summed E-state index contributed by atoms with van der Waals surface area (Å²) in [5.41, 5.74) is 2.25. The molecule has 164 valence electrons. The van der Waals surface area contributed by atoms with Gasteiger partial charge >= 0.3 is 6.61 Å². The molecular weight excluding hydrogens is 420 g/mol. The number of nitrogens with zero attached hydrogens (tertiary/aromatic N) is 5. The monoisotopic (exact) mass is 439 g/mol. The zero-order valence-corrected chi connectivity index (χ0v) is 17.0. The molecule has 32 heavy (non-hydrogen) atoms. The fourth-order valence-corrected chi connectivity index (χ4v) is 3.87. The Morgan fingerprint density at radius 3 is 2.66 bits per heavy atom. The number of benzene rings is 1. The highest BCUT2D eigenvalue weighted by Gasteiger charge is 2.31. The predicted molar refractivity (Wildman–Crippen MR) is 110 cm³/mol. The maximum Gasteiger partial charge on any atom is 0.387 e. The molecule has 1 saturated heterocycles. The number of alkyl halides is 2. The summed E-state index contributed by atoms with van der Waals surface area (Å²) in [6.07, 6.45) is 5.19. The number of amides is 1. The van der Waals surface area contributed by atoms with Gasteiger partial charge < -0.3 is 19.0 Å². The lowest BCUT2D eigenvalue weighted by molar-refractivity contribution is -0.0498. The molecule has 2 aliphatic rings. The Kier molecular flexibility index (Phi) is 5.09. The molecule has 0 atom stereocenters. The van der Waals surface area contributed by atoms with Crippen molar-refractivity contribution in [3.63, 3.8) is 0 Å². The lowest BCUT2D eigenvalue weighted by Crippen LogP contribution is -2.48. The van der Waals surface area contributed by atoms with Crippen LogP contribution in [0.4, 0.5) is 14.5 Å². The number of hydrogen-bond donors (Lipinski definition) is 0. The van der Waals surface area contributed by atoms with Crippen molar-refractivity contribution in [2.24, 2.45) is 0 Å². The van der Waals surface area contributed by atoms with Crippen LogP contribution < -0.4 is 9.64 Å². The van der Waals surface area contributed by atoms with Gasteiger partial charge in [-0.05, 0) is 25.0 Å². The van der Waals surface area contributed by atoms with Crippen LogP contribution in [0.1, 0.15) is 40.6 Å². The highest BCUT2D eigenvalue weighted by Crippen LogP contribution is 2.41. The Bertz CT molecular complexity index is 1210. The predicted octanol–water partition coefficient (Wildman–Crippen LogP) is 3.54. The highest BCUT2D eigenvalue weighted by atomic mass is 19.3. The van der Waals surface area contributed by atoms with Crippen molar-refractivity contribution < 1.29 is 22.7 Å². The molecule has 5 rings (SSSR count). The van der Waals surface area contributed by atoms with E-state index in [-0.39, 0.29) is 17.2 Å². The minimum Gasteiger partial charge on any atom is -0.439 e. The van der Waals surface area contributed by atoms with E-state index in [9.17, 15) is 18.8 Å². The SMILES string of the molecule is N#Cc1cc(OC(F)F)cc(N2CCN(C(=O)c3cncc4nc(C5CC5)oc34)CC2)c1. The number of nitriles is 1. The van der Waals surface area contributed by atoms with E-state index >= 15 is 0 Å². The minimum atomic E-state index is -2.97. The number of rotatable bonds is 5. The van der Waals surface area contributed by atoms with Gasteiger partial charge in [0.1, 0.15) is 16.8 Å². The van der Waals surface area contributed by atoms with Crippen molar-refractivity contribution in [1.29, 1.82) is 5.26 Å². The second kappa shape index (κ2) is 8.07. The largest absolute Gasteiger partial charge is 0.439 e. The molecule has 10 heteroatoms. The fraction of sp³-hybridized carbons (Fsp3) is 0.364. The zero-order chi connectivity index (χ0) is 22.2. The molecule has 0 unspecified atom stereocenters. The smallest absolute Gasteiger partial charge is 0.387 e. The molecule has 0 spiro atoms. The molecule has 1 saturated carbocycles. The number of ether oxygens (including phenoxy) is 1. The van der Waals surface area contributed by atoms with E-state index in [1.54, 1.807) is 17.2 Å². The maximum absolute atomic E-state index is 13.2. The summed E-state index contributed by atoms with van der Waals surface area (Å²) in [6.45, 7) is -1.19. The van der Waals surface area contributed by atoms with E-state index in [4.69, 9.17) is 4.42 Å². The van der Waals surface area contributed by atoms with Crippen LogP contribution in [0.3, 0.4) is 0 Å². The topological polar surface area (TPSA) is 95.5 Å². The molecule has 2 fully saturated rings. The summed E-state index contributed by atoms with van der Waals surface area (Å²) in [5.74, 6) is 0.735. The molecule has 0 N–H and O–H groups in total. The summed E-state index contributed by atoms with van der Waals surface area (Å²) in [5, 5.41) is 9.20. The van der Waals surface area contributed by atoms with Gasteiger partial charge in [0.15, 0.2) is 11.5 Å². The first-order valence-electron chi connectivity index (χ1n) is 10.3. The number of fused-ring (bicyclic) bond motifs is 1. The number of anilines is 1. The molecular formula is C22H19F2N5O3. The Labute approximate surface area is 182 Å². The van der Waals surface area contributed by atoms with E-state index in [0.29, 0.717) is 60.3 Å². The van der Waals surface area contributed by atoms with Crippen LogP contribution in [0.2, 0.25) is 0 Å². The molecule has 1 aliphatic carbocycles. The third-order valence-electron chi connectivity index (χ3n) is 5.65. The Balaban J connectivity index is 1.31. The molecule has 2 aromatic heterocycles. The summed E-state index contributed by atoms with van der Waals surface area (Å²) in [7, 11) is 0. The fourth-order valence-electron chi connectivity index (χ4n) is 3.87. The Hall–Kier alpha value is -3.74. The number of carbonyl (C=O) groups is 1. The number of aromatic nitrogens is 2. The number of oxazole rings is 1. The average Bonchev–Trinajstić information content (AvgIpc) is 3.56. The van der Waals surface area contributed by atoms with Crippen molar-refractivity contribution in [3.8, 4) is 11.8 Å². The molecule has 3 aromatic rings. The van der Waals surface area contributed by atoms with Crippen LogP contribution in [-0.2, 0) is 0 Å². The van der Waals surface area contributed by atoms with Gasteiger partial charge in [0.2, 0.25) is 0 Å². The van der Waals surface area contributed by atoms with Gasteiger partial charge in [0, 0.05) is 50.0 Å². The average molecular weight is 439 g/mol. The van der Waals surface area contributed by atoms with Crippen LogP contribution in [0.15, 0.2) is 35.0 Å². The van der Waals surface area contributed by atoms with Crippen molar-refractivity contribution in [2.75, 3.05) is 31.1 Å². The maximum atomic E-state index is 13.2. The van der Waals surface area contributed by atoms with Crippen LogP contribution in [-0.4, -0.2) is 53.6 Å². The van der Waals surface area contributed by atoms with Gasteiger partial charge in [-0.15, -0.1) is 0 Å². The molecule has 1 amide bonds. The standard InChI is InChI=1S/C22H19F2N5O3/c23-22(24)31-16-8-13(10-25)7-15(9-16)28-3-5-29(6-4-28)21(30)17-11-26-12-18-19(17)32-20(27-18)14-1-2-14/h7-9,11-12,14,22H,1-6H2. The summed E-state index contributed by atoms with van der Waals surface area (Å²) >= 11 is 0. The second-order valence-corrected chi connectivity index (χ2v) is 7.85. The first kappa shape index (κ1) is 20.2. The number of carbonyl (C=O) groups excluding carboxylic acids is 1. The summed E-state index contributed by atoms with van der Waals surface area (Å²) < 4.78 is 35.6. The first-order valence-corrected chi connectivity index (χ1v) is 10.3. The molecule has 0 bridgehead atoms. The van der Waals surface area contributed by atoms with Crippen molar-refractivity contribution >= 4 is 22.7 Å². The van der Waals surface area contributed by atoms with Crippen LogP contribution >= 0.6 is 0 Å². The number of piperazine rings is 1. The molecule has 8 nitrogen and oxygen atoms in total. The lowest BCUT2D eigenvalue weighted by Gasteiger charge is -2.36. The van der Waals surface area contributed by atoms with Crippen LogP contribution in [0.5, 0.6) is 5.75 Å². The Morgan fingerprint density at radius 1 is 1.19 bits per heavy atom. The van der Waals surface area contributed by atoms with Crippen molar-refractivity contribution in [2.45, 2.75) is 25.4 Å². The molecule has 0 radical (unpaired) electrons. The summed E-state index contributed by atoms with van der Waals surface area (Å²) in [6, 6.07) is 6.33. The Morgan fingerprint density at radius 2 is 1.97 bits per heavy atom.